The van der Waals surface area contributed by atoms with Crippen LogP contribution in [0.4, 0.5) is 0 Å². The fourth-order valence-electron chi connectivity index (χ4n) is 1.49. The lowest BCUT2D eigenvalue weighted by molar-refractivity contribution is 0.0726. The van der Waals surface area contributed by atoms with E-state index in [9.17, 15) is 0 Å². The van der Waals surface area contributed by atoms with Gasteiger partial charge in [-0.15, -0.1) is 0 Å². The standard InChI is InChI=1S/C11H14BIO2/c1-10(2)11(3,13)15-12(14-10)9-7-5-4-6-8-9/h4-8H,1-3H3. The summed E-state index contributed by atoms with van der Waals surface area (Å²) in [7, 11) is -0.247. The molecule has 0 aromatic heterocycles. The monoisotopic (exact) mass is 316 g/mol. The molecule has 1 aromatic carbocycles. The summed E-state index contributed by atoms with van der Waals surface area (Å²) >= 11 is 2.30. The van der Waals surface area contributed by atoms with E-state index in [2.05, 4.69) is 43.4 Å². The van der Waals surface area contributed by atoms with Crippen LogP contribution in [-0.4, -0.2) is 16.3 Å². The summed E-state index contributed by atoms with van der Waals surface area (Å²) in [4.78, 5) is 0. The molecule has 0 aliphatic carbocycles. The minimum Gasteiger partial charge on any atom is -0.398 e. The molecule has 1 atom stereocenters. The lowest BCUT2D eigenvalue weighted by atomic mass is 9.79. The predicted octanol–water partition coefficient (Wildman–Crippen LogP) is 2.36. The van der Waals surface area contributed by atoms with Gasteiger partial charge in [-0.3, -0.25) is 0 Å². The smallest absolute Gasteiger partial charge is 0.398 e. The van der Waals surface area contributed by atoms with Crippen LogP contribution in [0, 0.1) is 0 Å². The Hall–Kier alpha value is -0.0651. The van der Waals surface area contributed by atoms with Gasteiger partial charge in [0.25, 0.3) is 0 Å². The van der Waals surface area contributed by atoms with Crippen molar-refractivity contribution in [1.82, 2.24) is 0 Å². The van der Waals surface area contributed by atoms with Crippen molar-refractivity contribution in [3.63, 3.8) is 0 Å². The molecule has 2 rings (SSSR count). The highest BCUT2D eigenvalue weighted by molar-refractivity contribution is 14.1. The molecular weight excluding hydrogens is 302 g/mol. The van der Waals surface area contributed by atoms with Gasteiger partial charge >= 0.3 is 7.12 Å². The lowest BCUT2D eigenvalue weighted by Gasteiger charge is -2.30. The Labute approximate surface area is 105 Å². The molecule has 1 aliphatic heterocycles. The zero-order valence-corrected chi connectivity index (χ0v) is 11.3. The Bertz CT molecular complexity index is 335. The van der Waals surface area contributed by atoms with Crippen molar-refractivity contribution in [2.75, 3.05) is 0 Å². The average Bonchev–Trinajstić information content (AvgIpc) is 2.38. The third-order valence-corrected chi connectivity index (χ3v) is 4.43. The second-order valence-corrected chi connectivity index (χ2v) is 6.46. The summed E-state index contributed by atoms with van der Waals surface area (Å²) < 4.78 is 11.5. The van der Waals surface area contributed by atoms with Gasteiger partial charge in [-0.1, -0.05) is 30.3 Å². The number of hydrogen-bond donors (Lipinski definition) is 0. The number of hydrogen-bond acceptors (Lipinski definition) is 2. The molecule has 0 bridgehead atoms. The van der Waals surface area contributed by atoms with Crippen molar-refractivity contribution in [2.45, 2.75) is 30.0 Å². The zero-order chi connectivity index (χ0) is 11.1. The molecule has 0 spiro atoms. The van der Waals surface area contributed by atoms with Crippen molar-refractivity contribution >= 4 is 35.2 Å². The van der Waals surface area contributed by atoms with E-state index in [0.717, 1.165) is 5.46 Å². The summed E-state index contributed by atoms with van der Waals surface area (Å²) in [6.07, 6.45) is 0. The van der Waals surface area contributed by atoms with Crippen LogP contribution in [0.5, 0.6) is 0 Å². The van der Waals surface area contributed by atoms with Crippen LogP contribution in [0.2, 0.25) is 0 Å². The summed E-state index contributed by atoms with van der Waals surface area (Å²) in [5.41, 5.74) is 0.805. The highest BCUT2D eigenvalue weighted by atomic mass is 127. The van der Waals surface area contributed by atoms with Crippen LogP contribution in [0.1, 0.15) is 20.8 Å². The van der Waals surface area contributed by atoms with Gasteiger partial charge in [0.05, 0.1) is 5.60 Å². The van der Waals surface area contributed by atoms with E-state index in [1.165, 1.54) is 0 Å². The zero-order valence-electron chi connectivity index (χ0n) is 9.16. The Kier molecular flexibility index (Phi) is 2.86. The number of halogens is 1. The second-order valence-electron chi connectivity index (χ2n) is 4.41. The molecule has 1 heterocycles. The van der Waals surface area contributed by atoms with Crippen LogP contribution >= 0.6 is 22.6 Å². The van der Waals surface area contributed by atoms with Crippen molar-refractivity contribution in [3.05, 3.63) is 30.3 Å². The molecular formula is C11H14BIO2. The van der Waals surface area contributed by atoms with Crippen molar-refractivity contribution in [2.24, 2.45) is 0 Å². The van der Waals surface area contributed by atoms with Gasteiger partial charge in [0.15, 0.2) is 0 Å². The maximum absolute atomic E-state index is 5.92. The highest BCUT2D eigenvalue weighted by Gasteiger charge is 2.53. The average molecular weight is 316 g/mol. The van der Waals surface area contributed by atoms with Gasteiger partial charge in [0.2, 0.25) is 0 Å². The molecule has 0 saturated carbocycles. The third kappa shape index (κ3) is 2.07. The first kappa shape index (κ1) is 11.4. The second kappa shape index (κ2) is 3.75. The van der Waals surface area contributed by atoms with E-state index in [-0.39, 0.29) is 16.3 Å². The van der Waals surface area contributed by atoms with Crippen LogP contribution in [0.25, 0.3) is 0 Å². The summed E-state index contributed by atoms with van der Waals surface area (Å²) in [6.45, 7) is 6.17. The van der Waals surface area contributed by atoms with E-state index < -0.39 is 0 Å². The van der Waals surface area contributed by atoms with Crippen LogP contribution in [0.15, 0.2) is 30.3 Å². The Morgan fingerprint density at radius 1 is 1.07 bits per heavy atom. The first-order chi connectivity index (χ1) is 6.92. The first-order valence-corrected chi connectivity index (χ1v) is 6.10. The first-order valence-electron chi connectivity index (χ1n) is 5.02. The molecule has 2 nitrogen and oxygen atoms in total. The molecule has 0 amide bonds. The molecule has 4 heteroatoms. The van der Waals surface area contributed by atoms with Crippen molar-refractivity contribution < 1.29 is 9.31 Å². The molecule has 1 unspecified atom stereocenters. The van der Waals surface area contributed by atoms with Crippen molar-refractivity contribution in [3.8, 4) is 0 Å². The molecule has 15 heavy (non-hydrogen) atoms. The summed E-state index contributed by atoms with van der Waals surface area (Å²) in [6, 6.07) is 10.0. The topological polar surface area (TPSA) is 18.5 Å². The molecule has 80 valence electrons. The van der Waals surface area contributed by atoms with E-state index in [1.54, 1.807) is 0 Å². The Balaban J connectivity index is 2.24. The largest absolute Gasteiger partial charge is 0.495 e. The fourth-order valence-corrected chi connectivity index (χ4v) is 1.84. The third-order valence-electron chi connectivity index (χ3n) is 2.88. The minimum atomic E-state index is -0.286. The molecule has 1 fully saturated rings. The minimum absolute atomic E-state index is 0.247. The lowest BCUT2D eigenvalue weighted by Crippen LogP contribution is -2.38. The fraction of sp³-hybridized carbons (Fsp3) is 0.455. The Morgan fingerprint density at radius 2 is 1.67 bits per heavy atom. The Morgan fingerprint density at radius 3 is 2.13 bits per heavy atom. The predicted molar refractivity (Wildman–Crippen MR) is 70.5 cm³/mol. The summed E-state index contributed by atoms with van der Waals surface area (Å²) in [5, 5.41) is 0. The van der Waals surface area contributed by atoms with Crippen LogP contribution < -0.4 is 5.46 Å². The molecule has 0 N–H and O–H groups in total. The van der Waals surface area contributed by atoms with Gasteiger partial charge in [-0.2, -0.15) is 0 Å². The van der Waals surface area contributed by atoms with Gasteiger partial charge < -0.3 is 9.31 Å². The van der Waals surface area contributed by atoms with Gasteiger partial charge in [0.1, 0.15) is 3.61 Å². The number of benzene rings is 1. The maximum atomic E-state index is 5.92. The number of rotatable bonds is 1. The molecule has 1 aliphatic rings. The maximum Gasteiger partial charge on any atom is 0.495 e. The molecule has 1 saturated heterocycles. The SMILES string of the molecule is CC1(C)OB(c2ccccc2)OC1(C)I. The number of alkyl halides is 1. The highest BCUT2D eigenvalue weighted by Crippen LogP contribution is 2.41. The van der Waals surface area contributed by atoms with Gasteiger partial charge in [-0.05, 0) is 48.8 Å². The quantitative estimate of drug-likeness (QED) is 0.450. The van der Waals surface area contributed by atoms with E-state index in [0.29, 0.717) is 0 Å². The van der Waals surface area contributed by atoms with E-state index in [4.69, 9.17) is 9.31 Å². The van der Waals surface area contributed by atoms with E-state index >= 15 is 0 Å². The van der Waals surface area contributed by atoms with Crippen molar-refractivity contribution in [1.29, 1.82) is 0 Å². The van der Waals surface area contributed by atoms with Gasteiger partial charge in [0, 0.05) is 0 Å². The summed E-state index contributed by atoms with van der Waals surface area (Å²) in [5.74, 6) is 0. The molecule has 1 aromatic rings. The van der Waals surface area contributed by atoms with Gasteiger partial charge in [-0.25, -0.2) is 0 Å². The van der Waals surface area contributed by atoms with Crippen LogP contribution in [0.3, 0.4) is 0 Å². The van der Waals surface area contributed by atoms with Crippen LogP contribution in [-0.2, 0) is 9.31 Å². The van der Waals surface area contributed by atoms with E-state index in [1.807, 2.05) is 30.3 Å². The molecule has 0 radical (unpaired) electrons. The normalized spacial score (nSPS) is 29.5.